The highest BCUT2D eigenvalue weighted by Gasteiger charge is 2.25. The zero-order valence-electron chi connectivity index (χ0n) is 18.6. The lowest BCUT2D eigenvalue weighted by atomic mass is 10.1. The molecule has 0 unspecified atom stereocenters. The van der Waals surface area contributed by atoms with Crippen molar-refractivity contribution < 1.29 is 9.18 Å². The smallest absolute Gasteiger partial charge is 0.256 e. The first-order valence-corrected chi connectivity index (χ1v) is 11.9. The number of carbonyl (C=O) groups is 1. The molecule has 3 heterocycles. The summed E-state index contributed by atoms with van der Waals surface area (Å²) in [4.78, 5) is 27.9. The zero-order chi connectivity index (χ0) is 23.4. The number of aromatic nitrogens is 2. The highest BCUT2D eigenvalue weighted by atomic mass is 35.5. The lowest BCUT2D eigenvalue weighted by Crippen LogP contribution is -2.48. The zero-order valence-corrected chi connectivity index (χ0v) is 20.2. The summed E-state index contributed by atoms with van der Waals surface area (Å²) in [5.74, 6) is -0.214. The summed E-state index contributed by atoms with van der Waals surface area (Å²) in [6.45, 7) is 3.88. The maximum absolute atomic E-state index is 14.3. The molecule has 0 radical (unpaired) electrons. The Morgan fingerprint density at radius 2 is 2.03 bits per heavy atom. The number of thiazole rings is 1. The van der Waals surface area contributed by atoms with Crippen LogP contribution in [-0.4, -0.2) is 70.8 Å². The fourth-order valence-corrected chi connectivity index (χ4v) is 4.53. The van der Waals surface area contributed by atoms with Crippen LogP contribution in [0.15, 0.2) is 41.9 Å². The second-order valence-corrected chi connectivity index (χ2v) is 9.52. The predicted molar refractivity (Wildman–Crippen MR) is 130 cm³/mol. The minimum Gasteiger partial charge on any atom is -0.336 e. The molecule has 0 saturated carbocycles. The van der Waals surface area contributed by atoms with Crippen molar-refractivity contribution in [3.8, 4) is 0 Å². The lowest BCUT2D eigenvalue weighted by molar-refractivity contribution is 0.0622. The van der Waals surface area contributed by atoms with Crippen molar-refractivity contribution >= 4 is 39.8 Å². The maximum atomic E-state index is 14.3. The molecule has 0 bridgehead atoms. The van der Waals surface area contributed by atoms with Crippen molar-refractivity contribution in [2.45, 2.75) is 13.1 Å². The van der Waals surface area contributed by atoms with Crippen molar-refractivity contribution in [2.24, 2.45) is 0 Å². The molecule has 3 aromatic rings. The van der Waals surface area contributed by atoms with Gasteiger partial charge in [0, 0.05) is 50.8 Å². The van der Waals surface area contributed by atoms with Crippen LogP contribution in [0.2, 0.25) is 5.02 Å². The number of nitrogens with zero attached hydrogens (tertiary/aromatic N) is 5. The number of piperazine rings is 1. The highest BCUT2D eigenvalue weighted by Crippen LogP contribution is 2.22. The highest BCUT2D eigenvalue weighted by molar-refractivity contribution is 7.13. The first kappa shape index (κ1) is 23.6. The van der Waals surface area contributed by atoms with Crippen molar-refractivity contribution in [1.82, 2.24) is 24.7 Å². The van der Waals surface area contributed by atoms with Crippen LogP contribution in [0.5, 0.6) is 0 Å². The van der Waals surface area contributed by atoms with Crippen LogP contribution in [0.25, 0.3) is 0 Å². The van der Waals surface area contributed by atoms with Gasteiger partial charge in [0.25, 0.3) is 5.91 Å². The quantitative estimate of drug-likeness (QED) is 0.540. The van der Waals surface area contributed by atoms with Gasteiger partial charge in [-0.3, -0.25) is 9.69 Å². The molecule has 2 aromatic heterocycles. The Bertz CT molecular complexity index is 1100. The van der Waals surface area contributed by atoms with Gasteiger partial charge < -0.3 is 15.1 Å². The van der Waals surface area contributed by atoms with E-state index in [-0.39, 0.29) is 16.5 Å². The lowest BCUT2D eigenvalue weighted by Gasteiger charge is -2.34. The van der Waals surface area contributed by atoms with E-state index < -0.39 is 5.82 Å². The van der Waals surface area contributed by atoms with Crippen molar-refractivity contribution in [2.75, 3.05) is 45.6 Å². The molecule has 1 fully saturated rings. The maximum Gasteiger partial charge on any atom is 0.256 e. The molecule has 1 N–H and O–H groups in total. The second kappa shape index (κ2) is 10.6. The molecule has 10 heteroatoms. The Hall–Kier alpha value is -2.59. The van der Waals surface area contributed by atoms with Gasteiger partial charge in [-0.2, -0.15) is 0 Å². The van der Waals surface area contributed by atoms with Crippen LogP contribution in [0.1, 0.15) is 21.6 Å². The van der Waals surface area contributed by atoms with Gasteiger partial charge in [-0.1, -0.05) is 17.7 Å². The molecule has 1 aliphatic heterocycles. The van der Waals surface area contributed by atoms with Crippen molar-refractivity contribution in [3.63, 3.8) is 0 Å². The number of amides is 1. The van der Waals surface area contributed by atoms with Crippen LogP contribution in [0, 0.1) is 5.82 Å². The number of nitrogens with one attached hydrogen (secondary N) is 1. The average Bonchev–Trinajstić information content (AvgIpc) is 3.28. The number of carbonyl (C=O) groups excluding carboxylic acids is 1. The van der Waals surface area contributed by atoms with E-state index in [9.17, 15) is 9.18 Å². The molecule has 1 saturated heterocycles. The predicted octanol–water partition coefficient (Wildman–Crippen LogP) is 4.09. The minimum atomic E-state index is -0.659. The fourth-order valence-electron chi connectivity index (χ4n) is 3.82. The fraction of sp³-hybridized carbons (Fsp3) is 0.348. The molecule has 0 spiro atoms. The molecule has 0 atom stereocenters. The van der Waals surface area contributed by atoms with Crippen LogP contribution < -0.4 is 5.32 Å². The van der Waals surface area contributed by atoms with Gasteiger partial charge in [-0.15, -0.1) is 11.3 Å². The van der Waals surface area contributed by atoms with Gasteiger partial charge in [0.05, 0.1) is 16.3 Å². The summed E-state index contributed by atoms with van der Waals surface area (Å²) in [5, 5.41) is 5.97. The normalized spacial score (nSPS) is 14.6. The van der Waals surface area contributed by atoms with E-state index in [2.05, 4.69) is 26.2 Å². The Morgan fingerprint density at radius 3 is 2.73 bits per heavy atom. The SMILES string of the molecule is CN(C)Cc1cc(CN2CCN(C(=O)c3cccc(Cl)c3F)CC2)nc(Nc2nccs2)c1. The van der Waals surface area contributed by atoms with E-state index in [0.717, 1.165) is 28.8 Å². The van der Waals surface area contributed by atoms with E-state index in [1.165, 1.54) is 23.5 Å². The van der Waals surface area contributed by atoms with Crippen molar-refractivity contribution in [3.05, 3.63) is 69.6 Å². The molecule has 174 valence electrons. The van der Waals surface area contributed by atoms with E-state index in [1.807, 2.05) is 25.5 Å². The molecule has 1 amide bonds. The van der Waals surface area contributed by atoms with Gasteiger partial charge in [0.15, 0.2) is 10.9 Å². The van der Waals surface area contributed by atoms with Crippen molar-refractivity contribution in [1.29, 1.82) is 0 Å². The number of anilines is 2. The third-order valence-electron chi connectivity index (χ3n) is 5.33. The monoisotopic (exact) mass is 488 g/mol. The third kappa shape index (κ3) is 6.05. The molecule has 1 aromatic carbocycles. The minimum absolute atomic E-state index is 0.0203. The number of benzene rings is 1. The van der Waals surface area contributed by atoms with E-state index in [1.54, 1.807) is 17.2 Å². The van der Waals surface area contributed by atoms with Gasteiger partial charge in [-0.05, 0) is 43.9 Å². The standard InChI is InChI=1S/C23H26ClFN6OS/c1-29(2)14-16-12-17(27-20(13-16)28-23-26-6-11-33-23)15-30-7-9-31(10-8-30)22(32)18-4-3-5-19(24)21(18)25/h3-6,11-13H,7-10,14-15H2,1-2H3,(H,26,27,28). The topological polar surface area (TPSA) is 64.6 Å². The Balaban J connectivity index is 1.42. The number of halogens is 2. The second-order valence-electron chi connectivity index (χ2n) is 8.22. The third-order valence-corrected chi connectivity index (χ3v) is 6.31. The molecule has 4 rings (SSSR count). The first-order chi connectivity index (χ1) is 15.9. The summed E-state index contributed by atoms with van der Waals surface area (Å²) in [6, 6.07) is 8.68. The number of rotatable bonds is 7. The van der Waals surface area contributed by atoms with Crippen LogP contribution >= 0.6 is 22.9 Å². The number of hydrogen-bond donors (Lipinski definition) is 1. The summed E-state index contributed by atoms with van der Waals surface area (Å²) in [7, 11) is 4.07. The van der Waals surface area contributed by atoms with Gasteiger partial charge in [0.2, 0.25) is 0 Å². The van der Waals surface area contributed by atoms with E-state index in [0.29, 0.717) is 32.7 Å². The van der Waals surface area contributed by atoms with E-state index >= 15 is 0 Å². The average molecular weight is 489 g/mol. The van der Waals surface area contributed by atoms with Crippen LogP contribution in [0.3, 0.4) is 0 Å². The van der Waals surface area contributed by atoms with Crippen LogP contribution in [0.4, 0.5) is 15.3 Å². The largest absolute Gasteiger partial charge is 0.336 e. The van der Waals surface area contributed by atoms with Gasteiger partial charge >= 0.3 is 0 Å². The summed E-state index contributed by atoms with van der Waals surface area (Å²) >= 11 is 7.37. The first-order valence-electron chi connectivity index (χ1n) is 10.7. The molecular weight excluding hydrogens is 463 g/mol. The molecule has 1 aliphatic rings. The Kier molecular flexibility index (Phi) is 7.54. The van der Waals surface area contributed by atoms with Gasteiger partial charge in [-0.25, -0.2) is 14.4 Å². The number of pyridine rings is 1. The molecular formula is C23H26ClFN6OS. The van der Waals surface area contributed by atoms with Crippen LogP contribution in [-0.2, 0) is 13.1 Å². The summed E-state index contributed by atoms with van der Waals surface area (Å²) < 4.78 is 14.3. The molecule has 7 nitrogen and oxygen atoms in total. The molecule has 33 heavy (non-hydrogen) atoms. The molecule has 0 aliphatic carbocycles. The summed E-state index contributed by atoms with van der Waals surface area (Å²) in [5.41, 5.74) is 2.13. The summed E-state index contributed by atoms with van der Waals surface area (Å²) in [6.07, 6.45) is 1.76. The Labute approximate surface area is 201 Å². The van der Waals surface area contributed by atoms with E-state index in [4.69, 9.17) is 16.6 Å². The van der Waals surface area contributed by atoms with Gasteiger partial charge in [0.1, 0.15) is 5.82 Å². The number of hydrogen-bond acceptors (Lipinski definition) is 7. The Morgan fingerprint density at radius 1 is 1.24 bits per heavy atom.